The molecule has 0 aromatic heterocycles. The molecule has 1 aliphatic rings. The molecule has 1 fully saturated rings. The van der Waals surface area contributed by atoms with Gasteiger partial charge in [-0.25, -0.2) is 4.39 Å². The Balaban J connectivity index is 2.33. The molecule has 1 nitrogen and oxygen atoms in total. The van der Waals surface area contributed by atoms with Crippen LogP contribution in [-0.4, -0.2) is 5.78 Å². The number of carbonyl (C=O) groups is 1. The standard InChI is InChI=1S/C12H11BrClFO/c1-6(7-2-3-7)12(16)8-4-5-9(13)10(14)11(8)15/h4-7H,2-3H2,1H3. The maximum absolute atomic E-state index is 13.8. The molecule has 1 aliphatic carbocycles. The summed E-state index contributed by atoms with van der Waals surface area (Å²) in [7, 11) is 0. The molecule has 0 aliphatic heterocycles. The van der Waals surface area contributed by atoms with Gasteiger partial charge in [-0.3, -0.25) is 4.79 Å². The van der Waals surface area contributed by atoms with E-state index in [-0.39, 0.29) is 22.3 Å². The molecule has 86 valence electrons. The van der Waals surface area contributed by atoms with Gasteiger partial charge in [0, 0.05) is 10.4 Å². The molecule has 1 aromatic rings. The second kappa shape index (κ2) is 4.46. The largest absolute Gasteiger partial charge is 0.294 e. The normalized spacial score (nSPS) is 17.2. The summed E-state index contributed by atoms with van der Waals surface area (Å²) >= 11 is 8.88. The van der Waals surface area contributed by atoms with Crippen LogP contribution < -0.4 is 0 Å². The van der Waals surface area contributed by atoms with Crippen LogP contribution in [0.3, 0.4) is 0 Å². The topological polar surface area (TPSA) is 17.1 Å². The van der Waals surface area contributed by atoms with Crippen molar-refractivity contribution in [1.82, 2.24) is 0 Å². The van der Waals surface area contributed by atoms with Crippen molar-refractivity contribution in [1.29, 1.82) is 0 Å². The van der Waals surface area contributed by atoms with Crippen molar-refractivity contribution in [2.75, 3.05) is 0 Å². The van der Waals surface area contributed by atoms with Crippen LogP contribution >= 0.6 is 27.5 Å². The summed E-state index contributed by atoms with van der Waals surface area (Å²) in [6.45, 7) is 1.86. The molecule has 1 atom stereocenters. The quantitative estimate of drug-likeness (QED) is 0.595. The van der Waals surface area contributed by atoms with Crippen LogP contribution in [0.25, 0.3) is 0 Å². The van der Waals surface area contributed by atoms with E-state index in [4.69, 9.17) is 11.6 Å². The van der Waals surface area contributed by atoms with E-state index < -0.39 is 5.82 Å². The lowest BCUT2D eigenvalue weighted by atomic mass is 9.95. The highest BCUT2D eigenvalue weighted by Crippen LogP contribution is 2.39. The molecule has 4 heteroatoms. The molecule has 1 aromatic carbocycles. The third kappa shape index (κ3) is 2.16. The summed E-state index contributed by atoms with van der Waals surface area (Å²) in [6.07, 6.45) is 2.14. The van der Waals surface area contributed by atoms with Crippen LogP contribution in [0.5, 0.6) is 0 Å². The molecule has 0 saturated heterocycles. The number of benzene rings is 1. The zero-order valence-corrected chi connectivity index (χ0v) is 11.1. The van der Waals surface area contributed by atoms with Crippen LogP contribution in [0.4, 0.5) is 4.39 Å². The van der Waals surface area contributed by atoms with Crippen LogP contribution in [0.15, 0.2) is 16.6 Å². The first-order valence-corrected chi connectivity index (χ1v) is 6.37. The Morgan fingerprint density at radius 3 is 2.75 bits per heavy atom. The lowest BCUT2D eigenvalue weighted by molar-refractivity contribution is 0.0912. The van der Waals surface area contributed by atoms with E-state index in [0.29, 0.717) is 10.4 Å². The third-order valence-corrected chi connectivity index (χ3v) is 4.30. The zero-order valence-electron chi connectivity index (χ0n) is 8.77. The van der Waals surface area contributed by atoms with Crippen molar-refractivity contribution in [2.45, 2.75) is 19.8 Å². The molecule has 0 radical (unpaired) electrons. The number of hydrogen-bond acceptors (Lipinski definition) is 1. The molecule has 0 heterocycles. The highest BCUT2D eigenvalue weighted by molar-refractivity contribution is 9.10. The third-order valence-electron chi connectivity index (χ3n) is 3.04. The number of Topliss-reactive ketones (excluding diaryl/α,β-unsaturated/α-hetero) is 1. The minimum Gasteiger partial charge on any atom is -0.294 e. The minimum absolute atomic E-state index is 0.0196. The van der Waals surface area contributed by atoms with E-state index in [0.717, 1.165) is 12.8 Å². The fraction of sp³-hybridized carbons (Fsp3) is 0.417. The van der Waals surface area contributed by atoms with Crippen molar-refractivity contribution in [3.8, 4) is 0 Å². The van der Waals surface area contributed by atoms with E-state index in [9.17, 15) is 9.18 Å². The molecule has 2 rings (SSSR count). The SMILES string of the molecule is CC(C(=O)c1ccc(Br)c(Cl)c1F)C1CC1. The van der Waals surface area contributed by atoms with Gasteiger partial charge in [-0.15, -0.1) is 0 Å². The second-order valence-electron chi connectivity index (χ2n) is 4.21. The molecule has 1 saturated carbocycles. The van der Waals surface area contributed by atoms with E-state index in [2.05, 4.69) is 15.9 Å². The summed E-state index contributed by atoms with van der Waals surface area (Å²) < 4.78 is 14.2. The maximum Gasteiger partial charge on any atom is 0.168 e. The van der Waals surface area contributed by atoms with Crippen LogP contribution in [-0.2, 0) is 0 Å². The average molecular weight is 306 g/mol. The molecule has 0 N–H and O–H groups in total. The Kier molecular flexibility index (Phi) is 3.36. The molecule has 0 spiro atoms. The highest BCUT2D eigenvalue weighted by Gasteiger charge is 2.34. The first kappa shape index (κ1) is 12.1. The van der Waals surface area contributed by atoms with Crippen molar-refractivity contribution in [3.05, 3.63) is 33.0 Å². The number of hydrogen-bond donors (Lipinski definition) is 0. The monoisotopic (exact) mass is 304 g/mol. The van der Waals surface area contributed by atoms with Gasteiger partial charge >= 0.3 is 0 Å². The van der Waals surface area contributed by atoms with Crippen molar-refractivity contribution >= 4 is 33.3 Å². The van der Waals surface area contributed by atoms with Gasteiger partial charge in [0.15, 0.2) is 11.6 Å². The van der Waals surface area contributed by atoms with Crippen LogP contribution in [0, 0.1) is 17.7 Å². The number of carbonyl (C=O) groups excluding carboxylic acids is 1. The Labute approximate surface area is 107 Å². The van der Waals surface area contributed by atoms with Gasteiger partial charge in [0.25, 0.3) is 0 Å². The summed E-state index contributed by atoms with van der Waals surface area (Å²) in [5, 5.41) is -0.0196. The minimum atomic E-state index is -0.617. The lowest BCUT2D eigenvalue weighted by Crippen LogP contribution is -2.15. The summed E-state index contributed by atoms with van der Waals surface area (Å²) in [6, 6.07) is 3.10. The van der Waals surface area contributed by atoms with E-state index >= 15 is 0 Å². The molecule has 16 heavy (non-hydrogen) atoms. The van der Waals surface area contributed by atoms with Crippen molar-refractivity contribution < 1.29 is 9.18 Å². The van der Waals surface area contributed by atoms with Gasteiger partial charge in [0.1, 0.15) is 0 Å². The van der Waals surface area contributed by atoms with Crippen molar-refractivity contribution in [2.24, 2.45) is 11.8 Å². The highest BCUT2D eigenvalue weighted by atomic mass is 79.9. The number of halogens is 3. The summed E-state index contributed by atoms with van der Waals surface area (Å²) in [5.74, 6) is -0.441. The number of ketones is 1. The molecule has 0 bridgehead atoms. The fourth-order valence-electron chi connectivity index (χ4n) is 1.77. The Morgan fingerprint density at radius 1 is 1.56 bits per heavy atom. The molecule has 0 amide bonds. The molecular weight excluding hydrogens is 294 g/mol. The van der Waals surface area contributed by atoms with Gasteiger partial charge in [-0.05, 0) is 46.8 Å². The van der Waals surface area contributed by atoms with Crippen LogP contribution in [0.2, 0.25) is 5.02 Å². The summed E-state index contributed by atoms with van der Waals surface area (Å²) in [5.41, 5.74) is 0.104. The van der Waals surface area contributed by atoms with Gasteiger partial charge in [-0.1, -0.05) is 18.5 Å². The molecule has 1 unspecified atom stereocenters. The van der Waals surface area contributed by atoms with E-state index in [1.165, 1.54) is 6.07 Å². The van der Waals surface area contributed by atoms with Crippen molar-refractivity contribution in [3.63, 3.8) is 0 Å². The lowest BCUT2D eigenvalue weighted by Gasteiger charge is -2.10. The van der Waals surface area contributed by atoms with E-state index in [1.54, 1.807) is 6.07 Å². The van der Waals surface area contributed by atoms with Gasteiger partial charge in [0.05, 0.1) is 10.6 Å². The predicted molar refractivity (Wildman–Crippen MR) is 65.3 cm³/mol. The zero-order chi connectivity index (χ0) is 11.9. The van der Waals surface area contributed by atoms with E-state index in [1.807, 2.05) is 6.92 Å². The fourth-order valence-corrected chi connectivity index (χ4v) is 2.24. The Hall–Kier alpha value is -0.410. The van der Waals surface area contributed by atoms with Gasteiger partial charge < -0.3 is 0 Å². The maximum atomic E-state index is 13.8. The Morgan fingerprint density at radius 2 is 2.19 bits per heavy atom. The van der Waals surface area contributed by atoms with Crippen LogP contribution in [0.1, 0.15) is 30.1 Å². The summed E-state index contributed by atoms with van der Waals surface area (Å²) in [4.78, 5) is 12.0. The average Bonchev–Trinajstić information content (AvgIpc) is 3.08. The Bertz CT molecular complexity index is 443. The van der Waals surface area contributed by atoms with Gasteiger partial charge in [-0.2, -0.15) is 0 Å². The molecular formula is C12H11BrClFO. The van der Waals surface area contributed by atoms with Gasteiger partial charge in [0.2, 0.25) is 0 Å². The first-order chi connectivity index (χ1) is 7.52. The predicted octanol–water partition coefficient (Wildman–Crippen LogP) is 4.47. The number of rotatable bonds is 3. The smallest absolute Gasteiger partial charge is 0.168 e. The first-order valence-electron chi connectivity index (χ1n) is 5.20. The second-order valence-corrected chi connectivity index (χ2v) is 5.45.